The lowest BCUT2D eigenvalue weighted by atomic mass is 10.1. The van der Waals surface area contributed by atoms with Crippen LogP contribution >= 0.6 is 11.8 Å². The lowest BCUT2D eigenvalue weighted by molar-refractivity contribution is -0.113. The SMILES string of the molecule is Cn1ccnc1C(=O)c1ccc(NC(=O)CSc2ccc3c(c2)CCC3)cc1. The van der Waals surface area contributed by atoms with Gasteiger partial charge < -0.3 is 9.88 Å². The van der Waals surface area contributed by atoms with Gasteiger partial charge in [-0.05, 0) is 66.8 Å². The first-order valence-electron chi connectivity index (χ1n) is 9.27. The lowest BCUT2D eigenvalue weighted by Gasteiger charge is -2.07. The van der Waals surface area contributed by atoms with Gasteiger partial charge >= 0.3 is 0 Å². The van der Waals surface area contributed by atoms with Gasteiger partial charge in [0.15, 0.2) is 5.82 Å². The fourth-order valence-corrected chi connectivity index (χ4v) is 4.16. The quantitative estimate of drug-likeness (QED) is 0.512. The molecule has 6 heteroatoms. The van der Waals surface area contributed by atoms with Gasteiger partial charge in [0.1, 0.15) is 0 Å². The Hall–Kier alpha value is -2.86. The van der Waals surface area contributed by atoms with E-state index in [1.807, 2.05) is 0 Å². The smallest absolute Gasteiger partial charge is 0.234 e. The molecule has 3 aromatic rings. The maximum absolute atomic E-state index is 12.4. The summed E-state index contributed by atoms with van der Waals surface area (Å²) in [5.74, 6) is 0.543. The van der Waals surface area contributed by atoms with Crippen molar-refractivity contribution in [3.8, 4) is 0 Å². The molecule has 1 N–H and O–H groups in total. The van der Waals surface area contributed by atoms with E-state index in [1.165, 1.54) is 24.0 Å². The van der Waals surface area contributed by atoms with E-state index < -0.39 is 0 Å². The zero-order chi connectivity index (χ0) is 19.5. The van der Waals surface area contributed by atoms with Crippen LogP contribution < -0.4 is 5.32 Å². The van der Waals surface area contributed by atoms with Gasteiger partial charge in [0.05, 0.1) is 5.75 Å². The van der Waals surface area contributed by atoms with Crippen molar-refractivity contribution in [2.45, 2.75) is 24.2 Å². The number of rotatable bonds is 6. The van der Waals surface area contributed by atoms with E-state index in [-0.39, 0.29) is 11.7 Å². The molecule has 0 atom stereocenters. The standard InChI is InChI=1S/C22H21N3O2S/c1-25-12-11-23-22(25)21(27)16-5-8-18(9-6-16)24-20(26)14-28-19-10-7-15-3-2-4-17(15)13-19/h5-13H,2-4,14H2,1H3,(H,24,26). The van der Waals surface area contributed by atoms with Crippen molar-refractivity contribution in [2.24, 2.45) is 7.05 Å². The third kappa shape index (κ3) is 4.02. The van der Waals surface area contributed by atoms with E-state index in [0.29, 0.717) is 22.8 Å². The number of imidazole rings is 1. The van der Waals surface area contributed by atoms with Crippen LogP contribution in [0, 0.1) is 0 Å². The third-order valence-corrected chi connectivity index (χ3v) is 5.89. The zero-order valence-corrected chi connectivity index (χ0v) is 16.5. The van der Waals surface area contributed by atoms with Crippen LogP contribution in [0.5, 0.6) is 0 Å². The summed E-state index contributed by atoms with van der Waals surface area (Å²) in [5.41, 5.74) is 4.07. The molecule has 1 aliphatic rings. The molecule has 0 saturated carbocycles. The molecular formula is C22H21N3O2S. The summed E-state index contributed by atoms with van der Waals surface area (Å²) in [6, 6.07) is 13.4. The highest BCUT2D eigenvalue weighted by Gasteiger charge is 2.14. The van der Waals surface area contributed by atoms with Crippen molar-refractivity contribution in [1.82, 2.24) is 9.55 Å². The first kappa shape index (κ1) is 18.5. The Morgan fingerprint density at radius 3 is 2.64 bits per heavy atom. The summed E-state index contributed by atoms with van der Waals surface area (Å²) in [4.78, 5) is 29.9. The van der Waals surface area contributed by atoms with Crippen LogP contribution in [0.15, 0.2) is 59.8 Å². The summed E-state index contributed by atoms with van der Waals surface area (Å²) in [5, 5.41) is 2.88. The topological polar surface area (TPSA) is 64.0 Å². The van der Waals surface area contributed by atoms with E-state index in [0.717, 1.165) is 11.3 Å². The number of ketones is 1. The normalized spacial score (nSPS) is 12.6. The van der Waals surface area contributed by atoms with E-state index in [4.69, 9.17) is 0 Å². The molecular weight excluding hydrogens is 370 g/mol. The van der Waals surface area contributed by atoms with Gasteiger partial charge in [0.25, 0.3) is 0 Å². The Balaban J connectivity index is 1.33. The molecule has 5 nitrogen and oxygen atoms in total. The van der Waals surface area contributed by atoms with Gasteiger partial charge in [-0.3, -0.25) is 9.59 Å². The molecule has 4 rings (SSSR count). The molecule has 1 heterocycles. The van der Waals surface area contributed by atoms with Gasteiger partial charge in [-0.1, -0.05) is 6.07 Å². The monoisotopic (exact) mass is 391 g/mol. The van der Waals surface area contributed by atoms with Crippen LogP contribution in [0.3, 0.4) is 0 Å². The molecule has 0 spiro atoms. The molecule has 1 aromatic heterocycles. The second-order valence-corrected chi connectivity index (χ2v) is 7.94. The lowest BCUT2D eigenvalue weighted by Crippen LogP contribution is -2.14. The van der Waals surface area contributed by atoms with Crippen molar-refractivity contribution in [3.05, 3.63) is 77.4 Å². The number of benzene rings is 2. The molecule has 0 radical (unpaired) electrons. The first-order chi connectivity index (χ1) is 13.6. The number of aromatic nitrogens is 2. The van der Waals surface area contributed by atoms with Crippen LogP contribution in [0.1, 0.15) is 33.7 Å². The fourth-order valence-electron chi connectivity index (χ4n) is 3.40. The van der Waals surface area contributed by atoms with Gasteiger partial charge in [-0.15, -0.1) is 11.8 Å². The number of carbonyl (C=O) groups is 2. The Kier molecular flexibility index (Phi) is 5.30. The van der Waals surface area contributed by atoms with Crippen molar-refractivity contribution >= 4 is 29.1 Å². The number of amides is 1. The minimum Gasteiger partial charge on any atom is -0.331 e. The molecule has 0 unspecified atom stereocenters. The first-order valence-corrected chi connectivity index (χ1v) is 10.3. The van der Waals surface area contributed by atoms with Crippen molar-refractivity contribution in [2.75, 3.05) is 11.1 Å². The largest absolute Gasteiger partial charge is 0.331 e. The number of nitrogens with one attached hydrogen (secondary N) is 1. The summed E-state index contributed by atoms with van der Waals surface area (Å²) >= 11 is 1.54. The average Bonchev–Trinajstić information content (AvgIpc) is 3.34. The third-order valence-electron chi connectivity index (χ3n) is 4.90. The summed E-state index contributed by atoms with van der Waals surface area (Å²) < 4.78 is 1.69. The highest BCUT2D eigenvalue weighted by molar-refractivity contribution is 8.00. The van der Waals surface area contributed by atoms with Crippen LogP contribution in [-0.4, -0.2) is 27.0 Å². The van der Waals surface area contributed by atoms with Gasteiger partial charge in [0.2, 0.25) is 11.7 Å². The molecule has 28 heavy (non-hydrogen) atoms. The maximum atomic E-state index is 12.4. The summed E-state index contributed by atoms with van der Waals surface area (Å²) in [6.07, 6.45) is 6.86. The number of aryl methyl sites for hydroxylation is 3. The molecule has 0 saturated heterocycles. The minimum absolute atomic E-state index is 0.0614. The number of carbonyl (C=O) groups excluding carboxylic acids is 2. The molecule has 2 aromatic carbocycles. The summed E-state index contributed by atoms with van der Waals surface area (Å²) in [6.45, 7) is 0. The Labute approximate surface area is 168 Å². The predicted octanol–water partition coefficient (Wildman–Crippen LogP) is 3.87. The van der Waals surface area contributed by atoms with Crippen molar-refractivity contribution in [3.63, 3.8) is 0 Å². The molecule has 1 amide bonds. The highest BCUT2D eigenvalue weighted by atomic mass is 32.2. The second kappa shape index (κ2) is 8.02. The van der Waals surface area contributed by atoms with Crippen LogP contribution in [0.2, 0.25) is 0 Å². The van der Waals surface area contributed by atoms with E-state index in [2.05, 4.69) is 28.5 Å². The number of thioether (sulfide) groups is 1. The summed E-state index contributed by atoms with van der Waals surface area (Å²) in [7, 11) is 1.79. The number of nitrogens with zero attached hydrogens (tertiary/aromatic N) is 2. The number of fused-ring (bicyclic) bond motifs is 1. The van der Waals surface area contributed by atoms with Crippen LogP contribution in [-0.2, 0) is 24.7 Å². The minimum atomic E-state index is -0.141. The Bertz CT molecular complexity index is 1020. The van der Waals surface area contributed by atoms with Crippen LogP contribution in [0.25, 0.3) is 0 Å². The number of hydrogen-bond donors (Lipinski definition) is 1. The predicted molar refractivity (Wildman–Crippen MR) is 111 cm³/mol. The van der Waals surface area contributed by atoms with Gasteiger partial charge in [-0.2, -0.15) is 0 Å². The second-order valence-electron chi connectivity index (χ2n) is 6.89. The Morgan fingerprint density at radius 1 is 1.11 bits per heavy atom. The van der Waals surface area contributed by atoms with Crippen molar-refractivity contribution in [1.29, 1.82) is 0 Å². The average molecular weight is 391 g/mol. The highest BCUT2D eigenvalue weighted by Crippen LogP contribution is 2.27. The molecule has 0 aliphatic heterocycles. The van der Waals surface area contributed by atoms with E-state index in [1.54, 1.807) is 60.0 Å². The van der Waals surface area contributed by atoms with Crippen molar-refractivity contribution < 1.29 is 9.59 Å². The maximum Gasteiger partial charge on any atom is 0.234 e. The fraction of sp³-hybridized carbons (Fsp3) is 0.227. The van der Waals surface area contributed by atoms with Gasteiger partial charge in [0, 0.05) is 35.6 Å². The van der Waals surface area contributed by atoms with E-state index in [9.17, 15) is 9.59 Å². The molecule has 0 bridgehead atoms. The van der Waals surface area contributed by atoms with Crippen LogP contribution in [0.4, 0.5) is 5.69 Å². The molecule has 1 aliphatic carbocycles. The zero-order valence-electron chi connectivity index (χ0n) is 15.6. The number of hydrogen-bond acceptors (Lipinski definition) is 4. The van der Waals surface area contributed by atoms with Gasteiger partial charge in [-0.25, -0.2) is 4.98 Å². The molecule has 0 fully saturated rings. The van der Waals surface area contributed by atoms with E-state index >= 15 is 0 Å². The Morgan fingerprint density at radius 2 is 1.89 bits per heavy atom. The number of anilines is 1. The molecule has 142 valence electrons.